The summed E-state index contributed by atoms with van der Waals surface area (Å²) in [5.74, 6) is 0.519. The highest BCUT2D eigenvalue weighted by Gasteiger charge is 2.44. The summed E-state index contributed by atoms with van der Waals surface area (Å²) in [6.45, 7) is 14.6. The minimum atomic E-state index is -1.86. The van der Waals surface area contributed by atoms with Crippen LogP contribution in [-0.2, 0) is 4.43 Å². The van der Waals surface area contributed by atoms with Crippen molar-refractivity contribution >= 4 is 47.4 Å². The Hall–Kier alpha value is 0.257. The molecule has 1 rings (SSSR count). The molecule has 0 N–H and O–H groups in total. The van der Waals surface area contributed by atoms with Crippen molar-refractivity contribution in [2.24, 2.45) is 0 Å². The average Bonchev–Trinajstić information content (AvgIpc) is 2.39. The normalized spacial score (nSPS) is 12.5. The SMILES string of the molecule is CC(C)[Si](OCCOc1c(Cl)cc(Br)cc1Cl)(C(C)C)C(C)C. The van der Waals surface area contributed by atoms with Crippen LogP contribution in [0, 0.1) is 0 Å². The van der Waals surface area contributed by atoms with Gasteiger partial charge in [0.1, 0.15) is 6.61 Å². The zero-order chi connectivity index (χ0) is 17.8. The maximum atomic E-state index is 6.46. The molecule has 0 saturated carbocycles. The third-order valence-electron chi connectivity index (χ3n) is 4.35. The van der Waals surface area contributed by atoms with E-state index in [1.165, 1.54) is 0 Å². The van der Waals surface area contributed by atoms with Crippen LogP contribution in [-0.4, -0.2) is 21.5 Å². The van der Waals surface area contributed by atoms with Crippen LogP contribution in [0.2, 0.25) is 26.7 Å². The van der Waals surface area contributed by atoms with Crippen LogP contribution in [0.1, 0.15) is 41.5 Å². The van der Waals surface area contributed by atoms with E-state index in [2.05, 4.69) is 57.5 Å². The van der Waals surface area contributed by atoms with Crippen LogP contribution in [0.5, 0.6) is 5.75 Å². The molecule has 1 aromatic rings. The van der Waals surface area contributed by atoms with Crippen molar-refractivity contribution in [3.8, 4) is 5.75 Å². The van der Waals surface area contributed by atoms with Gasteiger partial charge >= 0.3 is 0 Å². The maximum absolute atomic E-state index is 6.46. The van der Waals surface area contributed by atoms with Crippen LogP contribution < -0.4 is 4.74 Å². The van der Waals surface area contributed by atoms with Crippen molar-refractivity contribution < 1.29 is 9.16 Å². The summed E-state index contributed by atoms with van der Waals surface area (Å²) in [5, 5.41) is 1.01. The molecule has 0 heterocycles. The molecule has 2 nitrogen and oxygen atoms in total. The van der Waals surface area contributed by atoms with E-state index in [9.17, 15) is 0 Å². The molecule has 0 unspecified atom stereocenters. The number of rotatable bonds is 8. The van der Waals surface area contributed by atoms with E-state index in [0.717, 1.165) is 4.47 Å². The van der Waals surface area contributed by atoms with Gasteiger partial charge in [0, 0.05) is 4.47 Å². The van der Waals surface area contributed by atoms with E-state index in [-0.39, 0.29) is 0 Å². The lowest BCUT2D eigenvalue weighted by Gasteiger charge is -2.42. The topological polar surface area (TPSA) is 18.5 Å². The zero-order valence-corrected chi connectivity index (χ0v) is 18.8. The summed E-state index contributed by atoms with van der Waals surface area (Å²) >= 11 is 15.7. The van der Waals surface area contributed by atoms with Gasteiger partial charge < -0.3 is 9.16 Å². The Balaban J connectivity index is 2.72. The fourth-order valence-electron chi connectivity index (χ4n) is 3.53. The Bertz CT molecular complexity index is 477. The first-order valence-corrected chi connectivity index (χ1v) is 11.7. The van der Waals surface area contributed by atoms with Crippen molar-refractivity contribution in [2.75, 3.05) is 13.2 Å². The van der Waals surface area contributed by atoms with Gasteiger partial charge in [0.05, 0.1) is 16.7 Å². The molecule has 132 valence electrons. The first-order chi connectivity index (χ1) is 10.6. The number of hydrogen-bond acceptors (Lipinski definition) is 2. The van der Waals surface area contributed by atoms with Crippen LogP contribution >= 0.6 is 39.1 Å². The Morgan fingerprint density at radius 3 is 1.74 bits per heavy atom. The van der Waals surface area contributed by atoms with E-state index in [1.54, 1.807) is 12.1 Å². The minimum Gasteiger partial charge on any atom is -0.488 e. The molecule has 1 aromatic carbocycles. The smallest absolute Gasteiger partial charge is 0.200 e. The number of hydrogen-bond donors (Lipinski definition) is 0. The van der Waals surface area contributed by atoms with Crippen molar-refractivity contribution in [1.82, 2.24) is 0 Å². The van der Waals surface area contributed by atoms with Gasteiger partial charge in [-0.1, -0.05) is 80.7 Å². The van der Waals surface area contributed by atoms with E-state index in [4.69, 9.17) is 32.4 Å². The van der Waals surface area contributed by atoms with Crippen molar-refractivity contribution in [2.45, 2.75) is 58.2 Å². The van der Waals surface area contributed by atoms with E-state index >= 15 is 0 Å². The highest BCUT2D eigenvalue weighted by molar-refractivity contribution is 9.10. The van der Waals surface area contributed by atoms with Crippen LogP contribution in [0.25, 0.3) is 0 Å². The molecule has 0 aliphatic rings. The fraction of sp³-hybridized carbons (Fsp3) is 0.647. The van der Waals surface area contributed by atoms with Gasteiger partial charge in [-0.05, 0) is 28.8 Å². The largest absolute Gasteiger partial charge is 0.488 e. The van der Waals surface area contributed by atoms with E-state index < -0.39 is 8.32 Å². The lowest BCUT2D eigenvalue weighted by molar-refractivity contribution is 0.198. The van der Waals surface area contributed by atoms with Gasteiger partial charge in [0.15, 0.2) is 14.1 Å². The molecular weight excluding hydrogens is 415 g/mol. The Morgan fingerprint density at radius 1 is 0.913 bits per heavy atom. The highest BCUT2D eigenvalue weighted by atomic mass is 79.9. The lowest BCUT2D eigenvalue weighted by atomic mass is 10.3. The monoisotopic (exact) mass is 440 g/mol. The van der Waals surface area contributed by atoms with Gasteiger partial charge in [-0.25, -0.2) is 0 Å². The van der Waals surface area contributed by atoms with E-state index in [1.807, 2.05) is 0 Å². The third-order valence-corrected chi connectivity index (χ3v) is 11.5. The number of ether oxygens (including phenoxy) is 1. The molecule has 0 aliphatic carbocycles. The summed E-state index contributed by atoms with van der Waals surface area (Å²) < 4.78 is 13.1. The third kappa shape index (κ3) is 5.11. The van der Waals surface area contributed by atoms with Crippen molar-refractivity contribution in [3.63, 3.8) is 0 Å². The van der Waals surface area contributed by atoms with E-state index in [0.29, 0.717) is 45.6 Å². The average molecular weight is 442 g/mol. The van der Waals surface area contributed by atoms with Gasteiger partial charge in [-0.3, -0.25) is 0 Å². The molecule has 0 amide bonds. The molecule has 0 radical (unpaired) electrons. The highest BCUT2D eigenvalue weighted by Crippen LogP contribution is 2.42. The van der Waals surface area contributed by atoms with Crippen molar-refractivity contribution in [1.29, 1.82) is 0 Å². The Morgan fingerprint density at radius 2 is 1.35 bits per heavy atom. The molecule has 0 aromatic heterocycles. The summed E-state index contributed by atoms with van der Waals surface area (Å²) in [6, 6.07) is 3.55. The predicted molar refractivity (Wildman–Crippen MR) is 107 cm³/mol. The van der Waals surface area contributed by atoms with Crippen molar-refractivity contribution in [3.05, 3.63) is 26.7 Å². The second-order valence-corrected chi connectivity index (χ2v) is 13.9. The molecule has 0 spiro atoms. The Labute approximate surface area is 160 Å². The molecule has 0 fully saturated rings. The summed E-state index contributed by atoms with van der Waals surface area (Å²) in [4.78, 5) is 0. The molecule has 0 saturated heterocycles. The first-order valence-electron chi connectivity index (χ1n) is 8.04. The predicted octanol–water partition coefficient (Wildman–Crippen LogP) is 7.33. The lowest BCUT2D eigenvalue weighted by Crippen LogP contribution is -2.48. The standard InChI is InChI=1S/C17H27BrCl2O2Si/c1-11(2)23(12(3)4,13(5)6)22-8-7-21-17-15(19)9-14(18)10-16(17)20/h9-13H,7-8H2,1-6H3. The van der Waals surface area contributed by atoms with Gasteiger partial charge in [0.25, 0.3) is 0 Å². The van der Waals surface area contributed by atoms with Gasteiger partial charge in [-0.15, -0.1) is 0 Å². The maximum Gasteiger partial charge on any atom is 0.200 e. The molecule has 0 atom stereocenters. The fourth-order valence-corrected chi connectivity index (χ4v) is 10.3. The van der Waals surface area contributed by atoms with Crippen LogP contribution in [0.3, 0.4) is 0 Å². The number of benzene rings is 1. The molecule has 6 heteroatoms. The number of halogens is 3. The summed E-state index contributed by atoms with van der Waals surface area (Å²) in [6.07, 6.45) is 0. The summed E-state index contributed by atoms with van der Waals surface area (Å²) in [5.41, 5.74) is 1.67. The summed E-state index contributed by atoms with van der Waals surface area (Å²) in [7, 11) is -1.86. The van der Waals surface area contributed by atoms with Crippen LogP contribution in [0.15, 0.2) is 16.6 Å². The second kappa shape index (κ2) is 9.09. The molecule has 0 aliphatic heterocycles. The molecule has 0 bridgehead atoms. The quantitative estimate of drug-likeness (QED) is 0.310. The zero-order valence-electron chi connectivity index (χ0n) is 14.8. The Kier molecular flexibility index (Phi) is 8.42. The van der Waals surface area contributed by atoms with Gasteiger partial charge in [0.2, 0.25) is 0 Å². The molecular formula is C17H27BrCl2O2Si. The second-order valence-electron chi connectivity index (χ2n) is 6.71. The minimum absolute atomic E-state index is 0.446. The molecule has 23 heavy (non-hydrogen) atoms. The first kappa shape index (κ1) is 21.3. The van der Waals surface area contributed by atoms with Crippen LogP contribution in [0.4, 0.5) is 0 Å². The van der Waals surface area contributed by atoms with Gasteiger partial charge in [-0.2, -0.15) is 0 Å².